The van der Waals surface area contributed by atoms with Gasteiger partial charge in [0.2, 0.25) is 0 Å². The Balaban J connectivity index is 1.18. The summed E-state index contributed by atoms with van der Waals surface area (Å²) in [5, 5.41) is 15.3. The standard InChI is InChI=1S/C73H66N4/c1-15-58(69(40-75-14)77-66-24-19-56(72-49(10)30-43(4)31-50(72)11)37-62(66)63-38-57(20-25-67(63)77)73-51(12)32-44(5)33-52(73)13)59-21-16-53(39-74)34-68(59)76-64-22-17-54(70-45(6)26-41(2)27-46(70)7)35-60(64)61-36-55(18-23-65(61)76)71-47(8)28-42(3)29-48(71)9/h15-38,40H,14H2,1-13H3/b58-15-,69-40+. The van der Waals surface area contributed by atoms with Crippen molar-refractivity contribution in [3.05, 3.63) is 230 Å². The van der Waals surface area contributed by atoms with Crippen LogP contribution in [0, 0.1) is 94.4 Å². The van der Waals surface area contributed by atoms with Crippen molar-refractivity contribution in [3.8, 4) is 56.3 Å². The molecule has 11 rings (SSSR count). The summed E-state index contributed by atoms with van der Waals surface area (Å²) in [6, 6.07) is 54.7. The third-order valence-electron chi connectivity index (χ3n) is 16.1. The van der Waals surface area contributed by atoms with Gasteiger partial charge in [0.15, 0.2) is 0 Å². The van der Waals surface area contributed by atoms with Crippen LogP contribution in [0.15, 0.2) is 157 Å². The Labute approximate surface area is 454 Å². The summed E-state index contributed by atoms with van der Waals surface area (Å²) < 4.78 is 4.75. The van der Waals surface area contributed by atoms with E-state index >= 15 is 0 Å². The minimum atomic E-state index is 0.576. The number of aryl methyl sites for hydroxylation is 12. The second-order valence-corrected chi connectivity index (χ2v) is 21.9. The first-order chi connectivity index (χ1) is 37.0. The molecule has 0 fully saturated rings. The predicted octanol–water partition coefficient (Wildman–Crippen LogP) is 19.7. The lowest BCUT2D eigenvalue weighted by Gasteiger charge is -2.21. The van der Waals surface area contributed by atoms with E-state index in [0.717, 1.165) is 66.1 Å². The van der Waals surface area contributed by atoms with E-state index in [1.165, 1.54) is 111 Å². The molecule has 0 saturated heterocycles. The van der Waals surface area contributed by atoms with Crippen LogP contribution in [0.3, 0.4) is 0 Å². The lowest BCUT2D eigenvalue weighted by atomic mass is 9.91. The van der Waals surface area contributed by atoms with E-state index < -0.39 is 0 Å². The van der Waals surface area contributed by atoms with Crippen LogP contribution in [0.2, 0.25) is 0 Å². The van der Waals surface area contributed by atoms with E-state index in [1.807, 2.05) is 12.3 Å². The maximum atomic E-state index is 10.7. The summed E-state index contributed by atoms with van der Waals surface area (Å²) in [6.45, 7) is 32.7. The molecular formula is C73H66N4. The van der Waals surface area contributed by atoms with Gasteiger partial charge in [0.1, 0.15) is 0 Å². The lowest BCUT2D eigenvalue weighted by Crippen LogP contribution is -2.05. The van der Waals surface area contributed by atoms with Gasteiger partial charge in [-0.25, -0.2) is 0 Å². The highest BCUT2D eigenvalue weighted by Crippen LogP contribution is 2.46. The second-order valence-electron chi connectivity index (χ2n) is 21.9. The maximum absolute atomic E-state index is 10.7. The normalized spacial score (nSPS) is 12.2. The fraction of sp³-hybridized carbons (Fsp3) is 0.178. The number of fused-ring (bicyclic) bond motifs is 6. The first kappa shape index (κ1) is 50.4. The molecule has 2 heterocycles. The number of aromatic nitrogens is 2. The molecule has 0 aliphatic heterocycles. The molecule has 0 unspecified atom stereocenters. The summed E-state index contributed by atoms with van der Waals surface area (Å²) in [5.74, 6) is 0. The number of rotatable bonds is 9. The molecule has 378 valence electrons. The summed E-state index contributed by atoms with van der Waals surface area (Å²) in [4.78, 5) is 4.60. The van der Waals surface area contributed by atoms with Crippen LogP contribution in [-0.2, 0) is 0 Å². The SMILES string of the molecule is C=N/C=C(\C(=C/C)c1ccc(C#N)cc1-n1c2ccc(-c3c(C)cc(C)cc3C)cc2c2cc(-c3c(C)cc(C)cc3C)ccc21)n1c2ccc(-c3c(C)cc(C)cc3C)cc2c2cc(-c3c(C)cc(C)cc3C)ccc21. The predicted molar refractivity (Wildman–Crippen MR) is 331 cm³/mol. The van der Waals surface area contributed by atoms with Gasteiger partial charge in [-0.15, -0.1) is 0 Å². The molecule has 0 aliphatic carbocycles. The average Bonchev–Trinajstić information content (AvgIpc) is 4.13. The number of benzene rings is 9. The van der Waals surface area contributed by atoms with Gasteiger partial charge in [-0.1, -0.05) is 107 Å². The van der Waals surface area contributed by atoms with Gasteiger partial charge in [0.25, 0.3) is 0 Å². The largest absolute Gasteiger partial charge is 0.309 e. The number of allylic oxidation sites excluding steroid dienone is 3. The van der Waals surface area contributed by atoms with Crippen LogP contribution in [0.4, 0.5) is 0 Å². The molecule has 0 atom stereocenters. The molecule has 0 N–H and O–H groups in total. The van der Waals surface area contributed by atoms with Crippen LogP contribution in [0.25, 0.3) is 105 Å². The molecule has 0 saturated carbocycles. The minimum Gasteiger partial charge on any atom is -0.309 e. The van der Waals surface area contributed by atoms with E-state index in [9.17, 15) is 5.26 Å². The van der Waals surface area contributed by atoms with E-state index in [2.05, 4.69) is 256 Å². The van der Waals surface area contributed by atoms with Gasteiger partial charge < -0.3 is 9.13 Å². The zero-order valence-electron chi connectivity index (χ0n) is 46.9. The van der Waals surface area contributed by atoms with E-state index in [4.69, 9.17) is 0 Å². The van der Waals surface area contributed by atoms with Gasteiger partial charge >= 0.3 is 0 Å². The van der Waals surface area contributed by atoms with Crippen LogP contribution in [0.5, 0.6) is 0 Å². The summed E-state index contributed by atoms with van der Waals surface area (Å²) in [5.41, 5.74) is 33.4. The Morgan fingerprint density at radius 2 is 0.753 bits per heavy atom. The molecule has 0 spiro atoms. The Kier molecular flexibility index (Phi) is 12.7. The van der Waals surface area contributed by atoms with Gasteiger partial charge in [-0.3, -0.25) is 4.99 Å². The molecule has 0 radical (unpaired) electrons. The summed E-state index contributed by atoms with van der Waals surface area (Å²) in [6.07, 6.45) is 4.10. The van der Waals surface area contributed by atoms with Crippen LogP contribution in [-0.4, -0.2) is 15.9 Å². The fourth-order valence-corrected chi connectivity index (χ4v) is 13.5. The summed E-state index contributed by atoms with van der Waals surface area (Å²) in [7, 11) is 0. The molecule has 9 aromatic carbocycles. The number of nitriles is 1. The van der Waals surface area contributed by atoms with Gasteiger partial charge in [-0.2, -0.15) is 5.26 Å². The quantitative estimate of drug-likeness (QED) is 0.105. The monoisotopic (exact) mass is 999 g/mol. The minimum absolute atomic E-state index is 0.576. The van der Waals surface area contributed by atoms with Crippen molar-refractivity contribution in [2.24, 2.45) is 4.99 Å². The van der Waals surface area contributed by atoms with Crippen molar-refractivity contribution in [1.29, 1.82) is 5.26 Å². The van der Waals surface area contributed by atoms with Crippen molar-refractivity contribution in [3.63, 3.8) is 0 Å². The third kappa shape index (κ3) is 8.52. The number of hydrogen-bond acceptors (Lipinski definition) is 2. The smallest absolute Gasteiger partial charge is 0.0992 e. The van der Waals surface area contributed by atoms with Crippen LogP contribution >= 0.6 is 0 Å². The van der Waals surface area contributed by atoms with Crippen molar-refractivity contribution >= 4 is 61.6 Å². The average molecular weight is 999 g/mol. The molecule has 2 aromatic heterocycles. The Morgan fingerprint density at radius 1 is 0.429 bits per heavy atom. The molecular weight excluding hydrogens is 933 g/mol. The van der Waals surface area contributed by atoms with Crippen molar-refractivity contribution in [1.82, 2.24) is 9.13 Å². The van der Waals surface area contributed by atoms with Gasteiger partial charge in [-0.05, 0) is 246 Å². The van der Waals surface area contributed by atoms with Crippen molar-refractivity contribution in [2.45, 2.75) is 90.0 Å². The Morgan fingerprint density at radius 3 is 1.06 bits per heavy atom. The van der Waals surface area contributed by atoms with Crippen LogP contribution < -0.4 is 0 Å². The molecule has 11 aromatic rings. The molecule has 4 nitrogen and oxygen atoms in total. The molecule has 4 heteroatoms. The van der Waals surface area contributed by atoms with Gasteiger partial charge in [0, 0.05) is 32.7 Å². The fourth-order valence-electron chi connectivity index (χ4n) is 13.5. The first-order valence-corrected chi connectivity index (χ1v) is 26.9. The summed E-state index contributed by atoms with van der Waals surface area (Å²) >= 11 is 0. The number of nitrogens with zero attached hydrogens (tertiary/aromatic N) is 4. The van der Waals surface area contributed by atoms with E-state index in [1.54, 1.807) is 0 Å². The Hall–Kier alpha value is -8.78. The zero-order chi connectivity index (χ0) is 54.3. The zero-order valence-corrected chi connectivity index (χ0v) is 46.9. The van der Waals surface area contributed by atoms with E-state index in [-0.39, 0.29) is 0 Å². The highest BCUT2D eigenvalue weighted by Gasteiger charge is 2.25. The first-order valence-electron chi connectivity index (χ1n) is 26.9. The lowest BCUT2D eigenvalue weighted by molar-refractivity contribution is 1.16. The molecule has 0 bridgehead atoms. The van der Waals surface area contributed by atoms with Crippen molar-refractivity contribution < 1.29 is 0 Å². The van der Waals surface area contributed by atoms with Crippen molar-refractivity contribution in [2.75, 3.05) is 0 Å². The molecule has 0 aliphatic rings. The Bertz CT molecular complexity index is 4110. The topological polar surface area (TPSA) is 46.0 Å². The molecule has 0 amide bonds. The van der Waals surface area contributed by atoms with E-state index in [0.29, 0.717) is 5.56 Å². The maximum Gasteiger partial charge on any atom is 0.0992 e. The highest BCUT2D eigenvalue weighted by atomic mass is 15.0. The van der Waals surface area contributed by atoms with Gasteiger partial charge in [0.05, 0.1) is 51.3 Å². The number of aliphatic imine (C=N–C) groups is 1. The number of hydrogen-bond donors (Lipinski definition) is 0. The second kappa shape index (κ2) is 19.4. The molecule has 77 heavy (non-hydrogen) atoms. The highest BCUT2D eigenvalue weighted by molar-refractivity contribution is 6.17. The van der Waals surface area contributed by atoms with Crippen LogP contribution in [0.1, 0.15) is 84.8 Å². The third-order valence-corrected chi connectivity index (χ3v) is 16.1.